The van der Waals surface area contributed by atoms with Crippen LogP contribution in [0.4, 0.5) is 0 Å². The lowest BCUT2D eigenvalue weighted by atomic mass is 9.98. The van der Waals surface area contributed by atoms with Crippen LogP contribution in [0.5, 0.6) is 0 Å². The van der Waals surface area contributed by atoms with Crippen LogP contribution >= 0.6 is 11.3 Å². The van der Waals surface area contributed by atoms with Crippen molar-refractivity contribution < 1.29 is 9.90 Å². The molecule has 0 bridgehead atoms. The van der Waals surface area contributed by atoms with Gasteiger partial charge >= 0.3 is 5.97 Å². The van der Waals surface area contributed by atoms with Gasteiger partial charge in [0.2, 0.25) is 0 Å². The third-order valence-corrected chi connectivity index (χ3v) is 3.99. The molecule has 1 aliphatic heterocycles. The molecule has 17 heavy (non-hydrogen) atoms. The van der Waals surface area contributed by atoms with Crippen LogP contribution in [-0.2, 0) is 4.79 Å². The van der Waals surface area contributed by atoms with Gasteiger partial charge in [-0.2, -0.15) is 0 Å². The zero-order valence-electron chi connectivity index (χ0n) is 9.17. The van der Waals surface area contributed by atoms with Crippen molar-refractivity contribution in [2.45, 2.75) is 31.3 Å². The summed E-state index contributed by atoms with van der Waals surface area (Å²) in [6.45, 7) is 0. The first-order chi connectivity index (χ1) is 8.25. The molecule has 2 aromatic heterocycles. The van der Waals surface area contributed by atoms with Gasteiger partial charge in [-0.25, -0.2) is 4.98 Å². The fraction of sp³-hybridized carbons (Fsp3) is 0.455. The van der Waals surface area contributed by atoms with Crippen molar-refractivity contribution in [3.63, 3.8) is 0 Å². The van der Waals surface area contributed by atoms with Crippen LogP contribution < -0.4 is 5.32 Å². The fourth-order valence-corrected chi connectivity index (χ4v) is 3.05. The predicted molar refractivity (Wildman–Crippen MR) is 64.2 cm³/mol. The maximum absolute atomic E-state index is 11.0. The van der Waals surface area contributed by atoms with Crippen LogP contribution in [0.3, 0.4) is 0 Å². The second-order valence-corrected chi connectivity index (χ2v) is 5.19. The van der Waals surface area contributed by atoms with Crippen LogP contribution in [0.25, 0.3) is 4.83 Å². The molecule has 90 valence electrons. The van der Waals surface area contributed by atoms with Gasteiger partial charge in [-0.1, -0.05) is 0 Å². The van der Waals surface area contributed by atoms with Gasteiger partial charge in [0, 0.05) is 11.6 Å². The van der Waals surface area contributed by atoms with E-state index in [1.54, 1.807) is 11.3 Å². The van der Waals surface area contributed by atoms with Gasteiger partial charge in [-0.05, 0) is 19.3 Å². The highest BCUT2D eigenvalue weighted by Gasteiger charge is 2.29. The van der Waals surface area contributed by atoms with Crippen molar-refractivity contribution in [2.24, 2.45) is 0 Å². The number of imidazole rings is 1. The number of fused-ring (bicyclic) bond motifs is 1. The number of carboxylic acids is 1. The van der Waals surface area contributed by atoms with Crippen LogP contribution in [0.1, 0.15) is 31.1 Å². The number of nitrogens with zero attached hydrogens (tertiary/aromatic N) is 2. The van der Waals surface area contributed by atoms with E-state index in [1.807, 2.05) is 22.2 Å². The molecule has 5 nitrogen and oxygen atoms in total. The summed E-state index contributed by atoms with van der Waals surface area (Å²) < 4.78 is 2.03. The minimum Gasteiger partial charge on any atom is -0.480 e. The molecule has 2 N–H and O–H groups in total. The normalized spacial score (nSPS) is 25.2. The average molecular weight is 251 g/mol. The molecule has 0 aromatic carbocycles. The molecule has 0 spiro atoms. The smallest absolute Gasteiger partial charge is 0.320 e. The summed E-state index contributed by atoms with van der Waals surface area (Å²) in [4.78, 5) is 16.5. The molecule has 1 aliphatic rings. The molecule has 3 rings (SSSR count). The molecule has 2 unspecified atom stereocenters. The highest BCUT2D eigenvalue weighted by atomic mass is 32.1. The van der Waals surface area contributed by atoms with E-state index in [0.29, 0.717) is 6.42 Å². The first-order valence-corrected chi connectivity index (χ1v) is 6.53. The number of hydrogen-bond donors (Lipinski definition) is 2. The molecule has 0 saturated carbocycles. The van der Waals surface area contributed by atoms with E-state index in [1.165, 1.54) is 0 Å². The SMILES string of the molecule is O=C(O)C1CCCC(c2ncc3sccn23)N1. The van der Waals surface area contributed by atoms with Crippen LogP contribution in [-0.4, -0.2) is 26.5 Å². The lowest BCUT2D eigenvalue weighted by Crippen LogP contribution is -2.42. The molecule has 2 atom stereocenters. The Labute approximate surface area is 102 Å². The Hall–Kier alpha value is -1.40. The van der Waals surface area contributed by atoms with Gasteiger partial charge < -0.3 is 5.11 Å². The number of carbonyl (C=O) groups is 1. The van der Waals surface area contributed by atoms with Crippen LogP contribution in [0.2, 0.25) is 0 Å². The van der Waals surface area contributed by atoms with Crippen molar-refractivity contribution in [1.82, 2.24) is 14.7 Å². The molecular weight excluding hydrogens is 238 g/mol. The average Bonchev–Trinajstić information content (AvgIpc) is 2.90. The van der Waals surface area contributed by atoms with Gasteiger partial charge in [0.05, 0.1) is 12.2 Å². The Morgan fingerprint density at radius 1 is 1.59 bits per heavy atom. The van der Waals surface area contributed by atoms with Crippen LogP contribution in [0, 0.1) is 0 Å². The second kappa shape index (κ2) is 4.12. The topological polar surface area (TPSA) is 66.6 Å². The quantitative estimate of drug-likeness (QED) is 0.852. The Balaban J connectivity index is 1.89. The van der Waals surface area contributed by atoms with Crippen molar-refractivity contribution in [1.29, 1.82) is 0 Å². The Morgan fingerprint density at radius 2 is 2.47 bits per heavy atom. The molecule has 0 amide bonds. The van der Waals surface area contributed by atoms with Gasteiger partial charge in [0.1, 0.15) is 16.7 Å². The van der Waals surface area contributed by atoms with E-state index >= 15 is 0 Å². The van der Waals surface area contributed by atoms with Crippen LogP contribution in [0.15, 0.2) is 17.8 Å². The maximum atomic E-state index is 11.0. The second-order valence-electron chi connectivity index (χ2n) is 4.27. The number of aliphatic carboxylic acids is 1. The van der Waals surface area contributed by atoms with Gasteiger partial charge in [-0.3, -0.25) is 14.5 Å². The van der Waals surface area contributed by atoms with E-state index in [-0.39, 0.29) is 6.04 Å². The number of aromatic nitrogens is 2. The molecule has 1 saturated heterocycles. The van der Waals surface area contributed by atoms with E-state index in [0.717, 1.165) is 23.5 Å². The Bertz CT molecular complexity index is 548. The maximum Gasteiger partial charge on any atom is 0.320 e. The number of thiazole rings is 1. The molecule has 6 heteroatoms. The lowest BCUT2D eigenvalue weighted by molar-refractivity contribution is -0.140. The van der Waals surface area contributed by atoms with Gasteiger partial charge in [0.15, 0.2) is 0 Å². The number of hydrogen-bond acceptors (Lipinski definition) is 4. The summed E-state index contributed by atoms with van der Waals surface area (Å²) >= 11 is 1.64. The van der Waals surface area contributed by atoms with Crippen molar-refractivity contribution in [2.75, 3.05) is 0 Å². The van der Waals surface area contributed by atoms with E-state index in [2.05, 4.69) is 10.3 Å². The van der Waals surface area contributed by atoms with Gasteiger partial charge in [0.25, 0.3) is 0 Å². The molecule has 3 heterocycles. The number of rotatable bonds is 2. The summed E-state index contributed by atoms with van der Waals surface area (Å²) in [6.07, 6.45) is 6.39. The zero-order valence-corrected chi connectivity index (χ0v) is 9.98. The minimum atomic E-state index is -0.771. The predicted octanol–water partition coefficient (Wildman–Crippen LogP) is 1.66. The minimum absolute atomic E-state index is 0.0435. The first kappa shape index (κ1) is 10.7. The number of nitrogens with one attached hydrogen (secondary N) is 1. The first-order valence-electron chi connectivity index (χ1n) is 5.65. The summed E-state index contributed by atoms with van der Waals surface area (Å²) in [7, 11) is 0. The molecule has 0 aliphatic carbocycles. The summed E-state index contributed by atoms with van der Waals surface area (Å²) in [6, 6.07) is -0.401. The standard InChI is InChI=1S/C11H13N3O2S/c15-11(16)8-3-1-2-7(13-8)10-12-6-9-14(10)4-5-17-9/h4-8,13H,1-3H2,(H,15,16). The van der Waals surface area contributed by atoms with E-state index in [9.17, 15) is 4.79 Å². The zero-order chi connectivity index (χ0) is 11.8. The summed E-state index contributed by atoms with van der Waals surface area (Å²) in [5, 5.41) is 14.2. The number of piperidine rings is 1. The third kappa shape index (κ3) is 1.83. The monoisotopic (exact) mass is 251 g/mol. The molecule has 1 fully saturated rings. The molecule has 0 radical (unpaired) electrons. The van der Waals surface area contributed by atoms with Gasteiger partial charge in [-0.15, -0.1) is 11.3 Å². The van der Waals surface area contributed by atoms with E-state index in [4.69, 9.17) is 5.11 Å². The molecular formula is C11H13N3O2S. The Morgan fingerprint density at radius 3 is 3.29 bits per heavy atom. The fourth-order valence-electron chi connectivity index (χ4n) is 2.35. The lowest BCUT2D eigenvalue weighted by Gasteiger charge is -2.27. The highest BCUT2D eigenvalue weighted by molar-refractivity contribution is 7.15. The summed E-state index contributed by atoms with van der Waals surface area (Å²) in [5.74, 6) is 0.153. The Kier molecular flexibility index (Phi) is 2.60. The van der Waals surface area contributed by atoms with E-state index < -0.39 is 12.0 Å². The largest absolute Gasteiger partial charge is 0.480 e. The number of carboxylic acid groups (broad SMARTS) is 1. The third-order valence-electron chi connectivity index (χ3n) is 3.19. The molecule has 2 aromatic rings. The highest BCUT2D eigenvalue weighted by Crippen LogP contribution is 2.26. The van der Waals surface area contributed by atoms with Crippen molar-refractivity contribution in [3.8, 4) is 0 Å². The van der Waals surface area contributed by atoms with Crippen molar-refractivity contribution >= 4 is 22.1 Å². The summed E-state index contributed by atoms with van der Waals surface area (Å²) in [5.41, 5.74) is 0. The van der Waals surface area contributed by atoms with Crippen molar-refractivity contribution in [3.05, 3.63) is 23.6 Å².